The van der Waals surface area contributed by atoms with E-state index in [9.17, 15) is 9.59 Å². The Morgan fingerprint density at radius 2 is 0.682 bits per heavy atom. The summed E-state index contributed by atoms with van der Waals surface area (Å²) in [6.45, 7) is 10.5. The van der Waals surface area contributed by atoms with Crippen LogP contribution >= 0.6 is 23.5 Å². The Kier molecular flexibility index (Phi) is 35.2. The van der Waals surface area contributed by atoms with E-state index in [-0.39, 0.29) is 11.8 Å². The van der Waals surface area contributed by atoms with Crippen LogP contribution in [-0.2, 0) is 9.59 Å². The molecular formula is C38H76N2O2S2. The normalized spacial score (nSPS) is 11.5. The van der Waals surface area contributed by atoms with Crippen LogP contribution in [0, 0.1) is 0 Å². The lowest BCUT2D eigenvalue weighted by molar-refractivity contribution is -0.119. The summed E-state index contributed by atoms with van der Waals surface area (Å²) in [7, 11) is 0. The second kappa shape index (κ2) is 35.5. The van der Waals surface area contributed by atoms with E-state index in [1.807, 2.05) is 23.5 Å². The van der Waals surface area contributed by atoms with Crippen molar-refractivity contribution in [2.75, 3.05) is 24.6 Å². The van der Waals surface area contributed by atoms with Crippen LogP contribution in [0.1, 0.15) is 195 Å². The van der Waals surface area contributed by atoms with Gasteiger partial charge >= 0.3 is 0 Å². The van der Waals surface area contributed by atoms with Crippen molar-refractivity contribution >= 4 is 35.3 Å². The van der Waals surface area contributed by atoms with Crippen LogP contribution in [-0.4, -0.2) is 46.9 Å². The van der Waals surface area contributed by atoms with Gasteiger partial charge in [0.05, 0.1) is 11.5 Å². The highest BCUT2D eigenvalue weighted by molar-refractivity contribution is 8.00. The lowest BCUT2D eigenvalue weighted by atomic mass is 10.0. The minimum Gasteiger partial charge on any atom is -0.355 e. The Morgan fingerprint density at radius 3 is 0.955 bits per heavy atom. The summed E-state index contributed by atoms with van der Waals surface area (Å²) in [6.07, 6.45) is 33.4. The number of carbonyl (C=O) groups excluding carboxylic acids is 2. The molecule has 0 unspecified atom stereocenters. The zero-order chi connectivity index (χ0) is 32.4. The third-order valence-corrected chi connectivity index (χ3v) is 11.4. The van der Waals surface area contributed by atoms with Gasteiger partial charge < -0.3 is 10.6 Å². The molecule has 0 aliphatic heterocycles. The Labute approximate surface area is 284 Å². The Balaban J connectivity index is 4.13. The molecule has 0 radical (unpaired) electrons. The van der Waals surface area contributed by atoms with Gasteiger partial charge in [-0.15, -0.1) is 23.5 Å². The molecule has 44 heavy (non-hydrogen) atoms. The van der Waals surface area contributed by atoms with Crippen LogP contribution in [0.15, 0.2) is 0 Å². The molecule has 0 atom stereocenters. The van der Waals surface area contributed by atoms with Crippen LogP contribution in [0.3, 0.4) is 0 Å². The van der Waals surface area contributed by atoms with Gasteiger partial charge in [0.15, 0.2) is 0 Å². The number of rotatable bonds is 35. The summed E-state index contributed by atoms with van der Waals surface area (Å²) in [6, 6.07) is 0. The van der Waals surface area contributed by atoms with Crippen LogP contribution in [0.2, 0.25) is 0 Å². The number of thioether (sulfide) groups is 2. The molecule has 4 nitrogen and oxygen atoms in total. The maximum Gasteiger partial charge on any atom is 0.230 e. The third kappa shape index (κ3) is 31.6. The molecule has 0 aromatic heterocycles. The molecule has 0 aromatic rings. The predicted molar refractivity (Wildman–Crippen MR) is 201 cm³/mol. The average molecular weight is 657 g/mol. The van der Waals surface area contributed by atoms with Crippen LogP contribution in [0.25, 0.3) is 0 Å². The average Bonchev–Trinajstić information content (AvgIpc) is 3.02. The monoisotopic (exact) mass is 657 g/mol. The molecule has 0 spiro atoms. The van der Waals surface area contributed by atoms with Gasteiger partial charge in [-0.05, 0) is 38.5 Å². The summed E-state index contributed by atoms with van der Waals surface area (Å²) in [5.74, 6) is 1.52. The van der Waals surface area contributed by atoms with Crippen LogP contribution < -0.4 is 10.6 Å². The molecule has 262 valence electrons. The SMILES string of the molecule is CCCCCCCC(CCCCCCC)SCC(=O)NCCCCNC(=O)CSC(CCCCCCC)CCCCCCC. The van der Waals surface area contributed by atoms with E-state index < -0.39 is 0 Å². The fraction of sp³-hybridized carbons (Fsp3) is 0.947. The first-order valence-corrected chi connectivity index (χ1v) is 21.4. The summed E-state index contributed by atoms with van der Waals surface area (Å²) in [4.78, 5) is 25.0. The molecule has 2 amide bonds. The minimum absolute atomic E-state index is 0.174. The van der Waals surface area contributed by atoms with Crippen molar-refractivity contribution in [3.8, 4) is 0 Å². The van der Waals surface area contributed by atoms with Crippen molar-refractivity contribution in [3.05, 3.63) is 0 Å². The predicted octanol–water partition coefficient (Wildman–Crippen LogP) is 11.6. The first-order chi connectivity index (χ1) is 21.6. The van der Waals surface area contributed by atoms with Gasteiger partial charge in [0.2, 0.25) is 11.8 Å². The summed E-state index contributed by atoms with van der Waals surface area (Å²) in [5, 5.41) is 7.49. The smallest absolute Gasteiger partial charge is 0.230 e. The molecule has 0 fully saturated rings. The van der Waals surface area contributed by atoms with Gasteiger partial charge in [0, 0.05) is 23.6 Å². The first-order valence-electron chi connectivity index (χ1n) is 19.3. The van der Waals surface area contributed by atoms with Gasteiger partial charge in [0.25, 0.3) is 0 Å². The highest BCUT2D eigenvalue weighted by Gasteiger charge is 2.13. The van der Waals surface area contributed by atoms with Crippen molar-refractivity contribution in [3.63, 3.8) is 0 Å². The number of carbonyl (C=O) groups is 2. The number of amides is 2. The number of hydrogen-bond acceptors (Lipinski definition) is 4. The van der Waals surface area contributed by atoms with Crippen molar-refractivity contribution in [2.45, 2.75) is 205 Å². The standard InChI is InChI=1S/C38H76N2O2S2/c1-5-9-13-17-21-27-35(28-22-18-14-10-6-2)43-33-37(41)39-31-25-26-32-40-38(42)34-44-36(29-23-19-15-11-7-3)30-24-20-16-12-8-4/h35-36H,5-34H2,1-4H3,(H,39,41)(H,40,42). The van der Waals surface area contributed by atoms with E-state index in [0.29, 0.717) is 35.1 Å². The fourth-order valence-electron chi connectivity index (χ4n) is 5.72. The summed E-state index contributed by atoms with van der Waals surface area (Å²) in [5.41, 5.74) is 0. The van der Waals surface area contributed by atoms with Crippen molar-refractivity contribution in [2.24, 2.45) is 0 Å². The van der Waals surface area contributed by atoms with E-state index in [0.717, 1.165) is 12.8 Å². The van der Waals surface area contributed by atoms with Gasteiger partial charge in [-0.2, -0.15) is 0 Å². The molecule has 0 rings (SSSR count). The van der Waals surface area contributed by atoms with Crippen molar-refractivity contribution in [1.82, 2.24) is 10.6 Å². The maximum atomic E-state index is 12.5. The van der Waals surface area contributed by atoms with Crippen molar-refractivity contribution < 1.29 is 9.59 Å². The first kappa shape index (κ1) is 43.6. The molecule has 0 aromatic carbocycles. The molecule has 0 saturated heterocycles. The largest absolute Gasteiger partial charge is 0.355 e. The second-order valence-electron chi connectivity index (χ2n) is 13.1. The molecular weight excluding hydrogens is 581 g/mol. The summed E-state index contributed by atoms with van der Waals surface area (Å²) < 4.78 is 0. The molecule has 0 saturated carbocycles. The van der Waals surface area contributed by atoms with Gasteiger partial charge in [-0.25, -0.2) is 0 Å². The van der Waals surface area contributed by atoms with E-state index in [2.05, 4.69) is 38.3 Å². The lowest BCUT2D eigenvalue weighted by Crippen LogP contribution is -2.29. The highest BCUT2D eigenvalue weighted by atomic mass is 32.2. The molecule has 6 heteroatoms. The maximum absolute atomic E-state index is 12.5. The second-order valence-corrected chi connectivity index (χ2v) is 15.7. The molecule has 0 aliphatic rings. The van der Waals surface area contributed by atoms with Gasteiger partial charge in [-0.3, -0.25) is 9.59 Å². The molecule has 0 bridgehead atoms. The van der Waals surface area contributed by atoms with Gasteiger partial charge in [0.1, 0.15) is 0 Å². The third-order valence-electron chi connectivity index (χ3n) is 8.67. The zero-order valence-corrected chi connectivity index (χ0v) is 31.6. The Hall–Kier alpha value is -0.360. The Morgan fingerprint density at radius 1 is 0.409 bits per heavy atom. The quantitative estimate of drug-likeness (QED) is 0.0666. The summed E-state index contributed by atoms with van der Waals surface area (Å²) >= 11 is 3.76. The van der Waals surface area contributed by atoms with Crippen molar-refractivity contribution in [1.29, 1.82) is 0 Å². The number of nitrogens with one attached hydrogen (secondary N) is 2. The number of hydrogen-bond donors (Lipinski definition) is 2. The van der Waals surface area contributed by atoms with E-state index in [1.165, 1.54) is 154 Å². The fourth-order valence-corrected chi connectivity index (χ4v) is 8.03. The van der Waals surface area contributed by atoms with Crippen LogP contribution in [0.4, 0.5) is 0 Å². The zero-order valence-electron chi connectivity index (χ0n) is 30.0. The lowest BCUT2D eigenvalue weighted by Gasteiger charge is -2.17. The topological polar surface area (TPSA) is 58.2 Å². The highest BCUT2D eigenvalue weighted by Crippen LogP contribution is 2.25. The van der Waals surface area contributed by atoms with E-state index >= 15 is 0 Å². The molecule has 0 aliphatic carbocycles. The number of unbranched alkanes of at least 4 members (excludes halogenated alkanes) is 17. The van der Waals surface area contributed by atoms with E-state index in [4.69, 9.17) is 0 Å². The minimum atomic E-state index is 0.174. The van der Waals surface area contributed by atoms with Crippen LogP contribution in [0.5, 0.6) is 0 Å². The molecule has 2 N–H and O–H groups in total. The van der Waals surface area contributed by atoms with Gasteiger partial charge in [-0.1, -0.05) is 156 Å². The Bertz CT molecular complexity index is 540. The molecule has 0 heterocycles. The van der Waals surface area contributed by atoms with E-state index in [1.54, 1.807) is 0 Å².